The molecule has 0 amide bonds. The quantitative estimate of drug-likeness (QED) is 0.0454. The van der Waals surface area contributed by atoms with Gasteiger partial charge in [-0.05, 0) is 37.5 Å². The molecule has 0 bridgehead atoms. The van der Waals surface area contributed by atoms with Gasteiger partial charge in [-0.25, -0.2) is 0 Å². The van der Waals surface area contributed by atoms with Crippen molar-refractivity contribution < 1.29 is 19.1 Å². The molecule has 0 N–H and O–H groups in total. The summed E-state index contributed by atoms with van der Waals surface area (Å²) in [6.45, 7) is 10.3. The summed E-state index contributed by atoms with van der Waals surface area (Å²) in [7, 11) is 0. The Morgan fingerprint density at radius 1 is 0.345 bits per heavy atom. The van der Waals surface area contributed by atoms with Crippen LogP contribution in [0.3, 0.4) is 0 Å². The van der Waals surface area contributed by atoms with Crippen molar-refractivity contribution in [2.24, 2.45) is 11.8 Å². The molecule has 0 saturated carbocycles. The summed E-state index contributed by atoms with van der Waals surface area (Å²) in [5.41, 5.74) is 0. The summed E-state index contributed by atoms with van der Waals surface area (Å²) in [5, 5.41) is 0. The van der Waals surface area contributed by atoms with Gasteiger partial charge in [-0.3, -0.25) is 9.59 Å². The molecule has 2 atom stereocenters. The van der Waals surface area contributed by atoms with Gasteiger partial charge < -0.3 is 9.47 Å². The van der Waals surface area contributed by atoms with E-state index in [9.17, 15) is 9.59 Å². The average molecular weight is 795 g/mol. The fourth-order valence-corrected chi connectivity index (χ4v) is 8.69. The van der Waals surface area contributed by atoms with Crippen molar-refractivity contribution in [3.05, 3.63) is 0 Å². The smallest absolute Gasteiger partial charge is 0.306 e. The topological polar surface area (TPSA) is 52.6 Å². The third-order valence-electron chi connectivity index (χ3n) is 11.7. The summed E-state index contributed by atoms with van der Waals surface area (Å²) in [6, 6.07) is 0. The summed E-state index contributed by atoms with van der Waals surface area (Å²) in [5.74, 6) is 2.29. The third-order valence-corrected chi connectivity index (χ3v) is 12.7. The van der Waals surface area contributed by atoms with E-state index in [1.807, 2.05) is 0 Å². The van der Waals surface area contributed by atoms with Crippen molar-refractivity contribution in [1.82, 2.24) is 0 Å². The summed E-state index contributed by atoms with van der Waals surface area (Å²) < 4.78 is 11.7. The van der Waals surface area contributed by atoms with E-state index in [4.69, 9.17) is 9.47 Å². The highest BCUT2D eigenvalue weighted by atomic mass is 32.2. The predicted molar refractivity (Wildman–Crippen MR) is 244 cm³/mol. The van der Waals surface area contributed by atoms with Crippen LogP contribution < -0.4 is 0 Å². The van der Waals surface area contributed by atoms with Gasteiger partial charge in [-0.2, -0.15) is 11.8 Å². The molecule has 4 nitrogen and oxygen atoms in total. The summed E-state index contributed by atoms with van der Waals surface area (Å²) in [6.07, 6.45) is 48.6. The van der Waals surface area contributed by atoms with Crippen LogP contribution in [-0.2, 0) is 19.1 Å². The number of carbonyl (C=O) groups is 2. The van der Waals surface area contributed by atoms with E-state index in [1.54, 1.807) is 11.8 Å². The second-order valence-electron chi connectivity index (χ2n) is 17.3. The highest BCUT2D eigenvalue weighted by Gasteiger charge is 2.14. The molecule has 0 heterocycles. The molecule has 0 aliphatic carbocycles. The van der Waals surface area contributed by atoms with Crippen molar-refractivity contribution >= 4 is 23.7 Å². The van der Waals surface area contributed by atoms with Crippen molar-refractivity contribution in [1.29, 1.82) is 0 Å². The minimum Gasteiger partial charge on any atom is -0.465 e. The zero-order chi connectivity index (χ0) is 40.1. The lowest BCUT2D eigenvalue weighted by molar-refractivity contribution is -0.145. The molecule has 0 aliphatic rings. The first-order chi connectivity index (χ1) is 27.1. The van der Waals surface area contributed by atoms with Gasteiger partial charge in [0.1, 0.15) is 0 Å². The van der Waals surface area contributed by atoms with E-state index >= 15 is 0 Å². The van der Waals surface area contributed by atoms with Crippen LogP contribution in [0, 0.1) is 11.8 Å². The van der Waals surface area contributed by atoms with E-state index in [-0.39, 0.29) is 11.9 Å². The lowest BCUT2D eigenvalue weighted by atomic mass is 9.94. The highest BCUT2D eigenvalue weighted by molar-refractivity contribution is 7.99. The minimum atomic E-state index is -0.0743. The van der Waals surface area contributed by atoms with Gasteiger partial charge in [-0.15, -0.1) is 0 Å². The zero-order valence-corrected chi connectivity index (χ0v) is 38.7. The number of esters is 2. The Bertz CT molecular complexity index is 773. The molecule has 5 heteroatoms. The van der Waals surface area contributed by atoms with E-state index in [0.29, 0.717) is 49.4 Å². The van der Waals surface area contributed by atoms with Crippen molar-refractivity contribution in [2.45, 2.75) is 272 Å². The van der Waals surface area contributed by atoms with Gasteiger partial charge in [0.05, 0.1) is 26.1 Å². The van der Waals surface area contributed by atoms with Crippen LogP contribution in [0.2, 0.25) is 0 Å². The lowest BCUT2D eigenvalue weighted by Crippen LogP contribution is -2.16. The Morgan fingerprint density at radius 2 is 0.564 bits per heavy atom. The normalized spacial score (nSPS) is 12.6. The van der Waals surface area contributed by atoms with Gasteiger partial charge in [0.15, 0.2) is 0 Å². The first-order valence-corrected chi connectivity index (χ1v) is 26.1. The molecule has 55 heavy (non-hydrogen) atoms. The Labute approximate surface area is 349 Å². The second-order valence-corrected chi connectivity index (χ2v) is 18.5. The molecule has 0 aromatic heterocycles. The maximum absolute atomic E-state index is 12.7. The molecule has 0 spiro atoms. The monoisotopic (exact) mass is 795 g/mol. The highest BCUT2D eigenvalue weighted by Crippen LogP contribution is 2.22. The van der Waals surface area contributed by atoms with E-state index in [0.717, 1.165) is 0 Å². The van der Waals surface area contributed by atoms with E-state index in [1.165, 1.54) is 231 Å². The van der Waals surface area contributed by atoms with Crippen molar-refractivity contribution in [2.75, 3.05) is 24.7 Å². The number of rotatable bonds is 46. The fourth-order valence-electron chi connectivity index (χ4n) is 7.87. The molecule has 0 rings (SSSR count). The standard InChI is InChI=1S/C50H98O4S/c1-5-9-13-17-21-24-25-28-32-36-40-48(39-35-31-27-23-19-15-11-7-3)46-54-50(52)42-44-55-43-41-49(51)53-45-47(37-33-29-20-16-12-8-4)38-34-30-26-22-18-14-10-6-2/h47-48H,5-46H2,1-4H3. The maximum Gasteiger partial charge on any atom is 0.306 e. The first-order valence-electron chi connectivity index (χ1n) is 25.0. The zero-order valence-electron chi connectivity index (χ0n) is 37.9. The van der Waals surface area contributed by atoms with E-state index < -0.39 is 0 Å². The van der Waals surface area contributed by atoms with Crippen LogP contribution >= 0.6 is 11.8 Å². The SMILES string of the molecule is CCCCCCCCCCCCC(CCCCCCCCCC)COC(=O)CCSCCC(=O)OCC(CCCCCCCC)CCCCCCCCCC. The molecule has 0 aromatic rings. The molecule has 0 aromatic carbocycles. The number of carbonyl (C=O) groups excluding carboxylic acids is 2. The molecular formula is C50H98O4S. The molecule has 328 valence electrons. The van der Waals surface area contributed by atoms with Crippen LogP contribution in [0.1, 0.15) is 272 Å². The van der Waals surface area contributed by atoms with Gasteiger partial charge in [0.2, 0.25) is 0 Å². The van der Waals surface area contributed by atoms with Crippen LogP contribution in [0.25, 0.3) is 0 Å². The van der Waals surface area contributed by atoms with Crippen LogP contribution in [0.15, 0.2) is 0 Å². The van der Waals surface area contributed by atoms with Crippen LogP contribution in [-0.4, -0.2) is 36.7 Å². The largest absolute Gasteiger partial charge is 0.465 e. The predicted octanol–water partition coefficient (Wildman–Crippen LogP) is 16.9. The number of hydrogen-bond acceptors (Lipinski definition) is 5. The second kappa shape index (κ2) is 46.0. The molecule has 2 unspecified atom stereocenters. The van der Waals surface area contributed by atoms with Gasteiger partial charge in [0.25, 0.3) is 0 Å². The molecular weight excluding hydrogens is 697 g/mol. The van der Waals surface area contributed by atoms with Crippen molar-refractivity contribution in [3.63, 3.8) is 0 Å². The number of ether oxygens (including phenoxy) is 2. The molecule has 0 saturated heterocycles. The Balaban J connectivity index is 4.37. The summed E-state index contributed by atoms with van der Waals surface area (Å²) in [4.78, 5) is 25.3. The minimum absolute atomic E-state index is 0.0717. The van der Waals surface area contributed by atoms with Crippen LogP contribution in [0.4, 0.5) is 0 Å². The Kier molecular flexibility index (Phi) is 45.4. The average Bonchev–Trinajstić information content (AvgIpc) is 3.19. The van der Waals surface area contributed by atoms with E-state index in [2.05, 4.69) is 27.7 Å². The molecule has 0 radical (unpaired) electrons. The first kappa shape index (κ1) is 54.3. The fraction of sp³-hybridized carbons (Fsp3) is 0.960. The molecule has 0 aliphatic heterocycles. The number of hydrogen-bond donors (Lipinski definition) is 0. The van der Waals surface area contributed by atoms with Gasteiger partial charge in [0, 0.05) is 11.5 Å². The summed E-state index contributed by atoms with van der Waals surface area (Å²) >= 11 is 1.68. The Morgan fingerprint density at radius 3 is 0.800 bits per heavy atom. The number of unbranched alkanes of at least 4 members (excludes halogenated alkanes) is 28. The lowest BCUT2D eigenvalue weighted by Gasteiger charge is -2.17. The van der Waals surface area contributed by atoms with Crippen LogP contribution in [0.5, 0.6) is 0 Å². The van der Waals surface area contributed by atoms with Gasteiger partial charge >= 0.3 is 11.9 Å². The third kappa shape index (κ3) is 42.7. The number of thioether (sulfide) groups is 1. The van der Waals surface area contributed by atoms with Crippen molar-refractivity contribution in [3.8, 4) is 0 Å². The van der Waals surface area contributed by atoms with Gasteiger partial charge in [-0.1, -0.05) is 233 Å². The Hall–Kier alpha value is -0.710. The molecule has 0 fully saturated rings. The maximum atomic E-state index is 12.7.